The molecular formula is C6H9Cl2N3. The number of halogens is 2. The van der Waals surface area contributed by atoms with Crippen LogP contribution in [0.1, 0.15) is 5.56 Å². The number of hydrogen-bond donors (Lipinski definition) is 2. The molecule has 11 heavy (non-hydrogen) atoms. The minimum atomic E-state index is 0. The van der Waals surface area contributed by atoms with Crippen molar-refractivity contribution in [3.05, 3.63) is 23.0 Å². The SMILES string of the molecule is Cl.NCc1cnc(Cl)cc1N. The van der Waals surface area contributed by atoms with E-state index in [4.69, 9.17) is 23.1 Å². The zero-order chi connectivity index (χ0) is 7.56. The summed E-state index contributed by atoms with van der Waals surface area (Å²) in [4.78, 5) is 3.82. The maximum atomic E-state index is 5.54. The number of rotatable bonds is 1. The highest BCUT2D eigenvalue weighted by Crippen LogP contribution is 2.13. The highest BCUT2D eigenvalue weighted by atomic mass is 35.5. The van der Waals surface area contributed by atoms with Gasteiger partial charge in [0.1, 0.15) is 5.15 Å². The molecule has 0 spiro atoms. The molecule has 3 nitrogen and oxygen atoms in total. The molecule has 0 aliphatic carbocycles. The Morgan fingerprint density at radius 1 is 1.55 bits per heavy atom. The molecule has 0 saturated heterocycles. The second kappa shape index (κ2) is 4.38. The Hall–Kier alpha value is -0.510. The fraction of sp³-hybridized carbons (Fsp3) is 0.167. The van der Waals surface area contributed by atoms with Gasteiger partial charge in [0.2, 0.25) is 0 Å². The van der Waals surface area contributed by atoms with Crippen LogP contribution in [0.5, 0.6) is 0 Å². The van der Waals surface area contributed by atoms with Crippen LogP contribution in [-0.2, 0) is 6.54 Å². The van der Waals surface area contributed by atoms with Gasteiger partial charge < -0.3 is 11.5 Å². The lowest BCUT2D eigenvalue weighted by Crippen LogP contribution is -2.01. The summed E-state index contributed by atoms with van der Waals surface area (Å²) in [5, 5.41) is 0.398. The Balaban J connectivity index is 0.000001000. The van der Waals surface area contributed by atoms with Crippen molar-refractivity contribution in [3.8, 4) is 0 Å². The summed E-state index contributed by atoms with van der Waals surface area (Å²) in [6.07, 6.45) is 1.58. The first kappa shape index (κ1) is 10.5. The lowest BCUT2D eigenvalue weighted by atomic mass is 10.2. The molecule has 0 radical (unpaired) electrons. The summed E-state index contributed by atoms with van der Waals surface area (Å²) in [6.45, 7) is 0.399. The van der Waals surface area contributed by atoms with Crippen molar-refractivity contribution in [3.63, 3.8) is 0 Å². The van der Waals surface area contributed by atoms with Gasteiger partial charge in [-0.15, -0.1) is 12.4 Å². The van der Waals surface area contributed by atoms with E-state index in [2.05, 4.69) is 4.98 Å². The zero-order valence-corrected chi connectivity index (χ0v) is 7.32. The highest BCUT2D eigenvalue weighted by Gasteiger charge is 1.96. The van der Waals surface area contributed by atoms with Crippen LogP contribution in [0.4, 0.5) is 5.69 Å². The lowest BCUT2D eigenvalue weighted by Gasteiger charge is -2.00. The van der Waals surface area contributed by atoms with Crippen molar-refractivity contribution in [2.75, 3.05) is 5.73 Å². The van der Waals surface area contributed by atoms with Crippen LogP contribution in [0.3, 0.4) is 0 Å². The molecule has 0 amide bonds. The van der Waals surface area contributed by atoms with Gasteiger partial charge in [0.05, 0.1) is 0 Å². The number of pyridine rings is 1. The van der Waals surface area contributed by atoms with E-state index in [0.29, 0.717) is 17.4 Å². The van der Waals surface area contributed by atoms with Gasteiger partial charge in [-0.25, -0.2) is 4.98 Å². The van der Waals surface area contributed by atoms with E-state index in [1.807, 2.05) is 0 Å². The van der Waals surface area contributed by atoms with Crippen molar-refractivity contribution < 1.29 is 0 Å². The minimum Gasteiger partial charge on any atom is -0.398 e. The summed E-state index contributed by atoms with van der Waals surface area (Å²) >= 11 is 5.54. The number of hydrogen-bond acceptors (Lipinski definition) is 3. The molecule has 0 unspecified atom stereocenters. The third-order valence-electron chi connectivity index (χ3n) is 1.21. The first-order valence-corrected chi connectivity index (χ1v) is 3.22. The van der Waals surface area contributed by atoms with Crippen molar-refractivity contribution in [1.29, 1.82) is 0 Å². The van der Waals surface area contributed by atoms with Crippen LogP contribution in [-0.4, -0.2) is 4.98 Å². The van der Waals surface area contributed by atoms with Crippen LogP contribution in [0.2, 0.25) is 5.15 Å². The second-order valence-electron chi connectivity index (χ2n) is 1.91. The predicted molar refractivity (Wildman–Crippen MR) is 48.8 cm³/mol. The molecule has 4 N–H and O–H groups in total. The van der Waals surface area contributed by atoms with E-state index in [-0.39, 0.29) is 12.4 Å². The topological polar surface area (TPSA) is 64.9 Å². The first-order valence-electron chi connectivity index (χ1n) is 2.84. The maximum Gasteiger partial charge on any atom is 0.131 e. The summed E-state index contributed by atoms with van der Waals surface area (Å²) in [5.74, 6) is 0. The first-order chi connectivity index (χ1) is 4.74. The van der Waals surface area contributed by atoms with E-state index in [1.165, 1.54) is 0 Å². The Morgan fingerprint density at radius 2 is 2.18 bits per heavy atom. The Bertz CT molecular complexity index is 239. The fourth-order valence-corrected chi connectivity index (χ4v) is 0.809. The van der Waals surface area contributed by atoms with Gasteiger partial charge in [0.25, 0.3) is 0 Å². The molecule has 1 rings (SSSR count). The summed E-state index contributed by atoms with van der Waals surface area (Å²) in [7, 11) is 0. The predicted octanol–water partition coefficient (Wildman–Crippen LogP) is 1.20. The number of anilines is 1. The van der Waals surface area contributed by atoms with Crippen molar-refractivity contribution >= 4 is 29.7 Å². The second-order valence-corrected chi connectivity index (χ2v) is 2.30. The average molecular weight is 194 g/mol. The molecule has 1 aromatic heterocycles. The molecule has 1 aromatic rings. The van der Waals surface area contributed by atoms with Crippen molar-refractivity contribution in [2.24, 2.45) is 5.73 Å². The average Bonchev–Trinajstić information content (AvgIpc) is 1.88. The molecule has 0 aromatic carbocycles. The molecule has 5 heteroatoms. The molecule has 0 aliphatic rings. The molecule has 1 heterocycles. The number of aromatic nitrogens is 1. The number of nitrogen functional groups attached to an aromatic ring is 1. The van der Waals surface area contributed by atoms with Crippen LogP contribution >= 0.6 is 24.0 Å². The minimum absolute atomic E-state index is 0. The monoisotopic (exact) mass is 193 g/mol. The van der Waals surface area contributed by atoms with Gasteiger partial charge in [0, 0.05) is 24.0 Å². The van der Waals surface area contributed by atoms with Crippen LogP contribution in [0.15, 0.2) is 12.3 Å². The van der Waals surface area contributed by atoms with Crippen LogP contribution in [0, 0.1) is 0 Å². The van der Waals surface area contributed by atoms with Crippen LogP contribution in [0.25, 0.3) is 0 Å². The Labute approximate surface area is 76.2 Å². The van der Waals surface area contributed by atoms with Gasteiger partial charge in [-0.2, -0.15) is 0 Å². The smallest absolute Gasteiger partial charge is 0.131 e. The third-order valence-corrected chi connectivity index (χ3v) is 1.42. The van der Waals surface area contributed by atoms with Gasteiger partial charge in [-0.1, -0.05) is 11.6 Å². The molecule has 0 fully saturated rings. The van der Waals surface area contributed by atoms with E-state index in [1.54, 1.807) is 12.3 Å². The van der Waals surface area contributed by atoms with Gasteiger partial charge in [0.15, 0.2) is 0 Å². The van der Waals surface area contributed by atoms with E-state index < -0.39 is 0 Å². The fourth-order valence-electron chi connectivity index (χ4n) is 0.643. The molecule has 0 saturated carbocycles. The van der Waals surface area contributed by atoms with E-state index in [9.17, 15) is 0 Å². The standard InChI is InChI=1S/C6H8ClN3.ClH/c7-6-1-5(9)4(2-8)3-10-6;/h1,3H,2,8H2,(H2,9,10);1H. The highest BCUT2D eigenvalue weighted by molar-refractivity contribution is 6.29. The Morgan fingerprint density at radius 3 is 2.64 bits per heavy atom. The molecule has 62 valence electrons. The third kappa shape index (κ3) is 2.54. The lowest BCUT2D eigenvalue weighted by molar-refractivity contribution is 1.05. The van der Waals surface area contributed by atoms with Crippen LogP contribution < -0.4 is 11.5 Å². The van der Waals surface area contributed by atoms with Gasteiger partial charge in [-0.3, -0.25) is 0 Å². The van der Waals surface area contributed by atoms with Crippen molar-refractivity contribution in [1.82, 2.24) is 4.98 Å². The van der Waals surface area contributed by atoms with Crippen molar-refractivity contribution in [2.45, 2.75) is 6.54 Å². The maximum absolute atomic E-state index is 5.54. The largest absolute Gasteiger partial charge is 0.398 e. The molecule has 0 bridgehead atoms. The molecule has 0 atom stereocenters. The van der Waals surface area contributed by atoms with E-state index >= 15 is 0 Å². The number of nitrogens with two attached hydrogens (primary N) is 2. The van der Waals surface area contributed by atoms with Gasteiger partial charge in [-0.05, 0) is 6.07 Å². The van der Waals surface area contributed by atoms with E-state index in [0.717, 1.165) is 5.56 Å². The summed E-state index contributed by atoms with van der Waals surface area (Å²) < 4.78 is 0. The quantitative estimate of drug-likeness (QED) is 0.660. The number of nitrogens with zero attached hydrogens (tertiary/aromatic N) is 1. The molecular weight excluding hydrogens is 185 g/mol. The zero-order valence-electron chi connectivity index (χ0n) is 5.75. The Kier molecular flexibility index (Phi) is 4.18. The normalized spacial score (nSPS) is 8.91. The summed E-state index contributed by atoms with van der Waals surface area (Å²) in [6, 6.07) is 1.59. The molecule has 0 aliphatic heterocycles. The summed E-state index contributed by atoms with van der Waals surface area (Å²) in [5.41, 5.74) is 12.3. The van der Waals surface area contributed by atoms with Gasteiger partial charge >= 0.3 is 0 Å².